The lowest BCUT2D eigenvalue weighted by molar-refractivity contribution is 0.131. The summed E-state index contributed by atoms with van der Waals surface area (Å²) in [7, 11) is 1.99. The Morgan fingerprint density at radius 3 is 3.00 bits per heavy atom. The molecule has 0 radical (unpaired) electrons. The van der Waals surface area contributed by atoms with Crippen molar-refractivity contribution in [3.05, 3.63) is 18.1 Å². The van der Waals surface area contributed by atoms with E-state index in [1.165, 1.54) is 12.8 Å². The first-order chi connectivity index (χ1) is 8.29. The van der Waals surface area contributed by atoms with Gasteiger partial charge in [-0.3, -0.25) is 4.98 Å². The monoisotopic (exact) mass is 255 g/mol. The van der Waals surface area contributed by atoms with Crippen molar-refractivity contribution in [1.29, 1.82) is 0 Å². The van der Waals surface area contributed by atoms with Crippen LogP contribution in [0.2, 0.25) is 0 Å². The van der Waals surface area contributed by atoms with Crippen LogP contribution in [0.15, 0.2) is 12.4 Å². The van der Waals surface area contributed by atoms with E-state index in [1.54, 1.807) is 12.4 Å². The molecule has 1 aromatic rings. The van der Waals surface area contributed by atoms with Gasteiger partial charge in [0.2, 0.25) is 0 Å². The van der Waals surface area contributed by atoms with Crippen molar-refractivity contribution in [2.45, 2.75) is 18.7 Å². The molecule has 1 aliphatic rings. The highest BCUT2D eigenvalue weighted by Gasteiger charge is 2.20. The number of likely N-dealkylation sites (N-methyl/N-ethyl adjacent to an activating group) is 1. The van der Waals surface area contributed by atoms with Gasteiger partial charge in [0.25, 0.3) is 0 Å². The molecule has 0 atom stereocenters. The van der Waals surface area contributed by atoms with Gasteiger partial charge < -0.3 is 9.64 Å². The Labute approximate surface area is 107 Å². The van der Waals surface area contributed by atoms with Gasteiger partial charge in [-0.15, -0.1) is 11.6 Å². The molecule has 0 saturated heterocycles. The summed E-state index contributed by atoms with van der Waals surface area (Å²) in [5, 5.41) is 0. The van der Waals surface area contributed by atoms with Crippen molar-refractivity contribution in [2.75, 3.05) is 31.7 Å². The van der Waals surface area contributed by atoms with Crippen molar-refractivity contribution in [1.82, 2.24) is 9.97 Å². The summed E-state index contributed by atoms with van der Waals surface area (Å²) < 4.78 is 5.59. The average molecular weight is 256 g/mol. The van der Waals surface area contributed by atoms with E-state index in [0.717, 1.165) is 37.2 Å². The normalized spacial score (nSPS) is 14.9. The smallest absolute Gasteiger partial charge is 0.147 e. The summed E-state index contributed by atoms with van der Waals surface area (Å²) in [5.41, 5.74) is 0.801. The topological polar surface area (TPSA) is 38.2 Å². The molecule has 0 amide bonds. The van der Waals surface area contributed by atoms with E-state index in [4.69, 9.17) is 16.3 Å². The Hall–Kier alpha value is -0.870. The Bertz CT molecular complexity index is 357. The number of aromatic nitrogens is 2. The molecule has 0 aliphatic heterocycles. The summed E-state index contributed by atoms with van der Waals surface area (Å²) in [4.78, 5) is 10.5. The molecule has 0 aromatic carbocycles. The van der Waals surface area contributed by atoms with E-state index in [-0.39, 0.29) is 0 Å². The van der Waals surface area contributed by atoms with Crippen LogP contribution in [0.4, 0.5) is 5.82 Å². The zero-order valence-corrected chi connectivity index (χ0v) is 10.9. The SMILES string of the molecule is CN(CCOCC1CC1)c1cncc(CCl)n1. The lowest BCUT2D eigenvalue weighted by Gasteiger charge is -2.18. The lowest BCUT2D eigenvalue weighted by Crippen LogP contribution is -2.24. The first kappa shape index (κ1) is 12.6. The second-order valence-corrected chi connectivity index (χ2v) is 4.71. The highest BCUT2D eigenvalue weighted by Crippen LogP contribution is 2.28. The number of hydrogen-bond donors (Lipinski definition) is 0. The molecular weight excluding hydrogens is 238 g/mol. The van der Waals surface area contributed by atoms with Crippen LogP contribution in [0.1, 0.15) is 18.5 Å². The van der Waals surface area contributed by atoms with E-state index in [0.29, 0.717) is 5.88 Å². The van der Waals surface area contributed by atoms with E-state index >= 15 is 0 Å². The van der Waals surface area contributed by atoms with E-state index in [2.05, 4.69) is 9.97 Å². The van der Waals surface area contributed by atoms with Crippen molar-refractivity contribution >= 4 is 17.4 Å². The fraction of sp³-hybridized carbons (Fsp3) is 0.667. The number of alkyl halides is 1. The number of nitrogens with zero attached hydrogens (tertiary/aromatic N) is 3. The summed E-state index contributed by atoms with van der Waals surface area (Å²) in [6, 6.07) is 0. The predicted octanol–water partition coefficient (Wildman–Crippen LogP) is 2.08. The maximum Gasteiger partial charge on any atom is 0.147 e. The molecule has 0 unspecified atom stereocenters. The number of rotatable bonds is 7. The van der Waals surface area contributed by atoms with Gasteiger partial charge in [-0.05, 0) is 18.8 Å². The molecule has 0 N–H and O–H groups in total. The molecule has 1 aliphatic carbocycles. The van der Waals surface area contributed by atoms with Gasteiger partial charge >= 0.3 is 0 Å². The van der Waals surface area contributed by atoms with Gasteiger partial charge in [0.15, 0.2) is 0 Å². The quantitative estimate of drug-likeness (QED) is 0.552. The fourth-order valence-corrected chi connectivity index (χ4v) is 1.62. The van der Waals surface area contributed by atoms with Crippen LogP contribution >= 0.6 is 11.6 Å². The minimum atomic E-state index is 0.396. The van der Waals surface area contributed by atoms with Gasteiger partial charge in [-0.2, -0.15) is 0 Å². The molecule has 1 aromatic heterocycles. The molecule has 1 fully saturated rings. The molecule has 1 saturated carbocycles. The molecule has 0 bridgehead atoms. The molecule has 4 nitrogen and oxygen atoms in total. The third-order valence-corrected chi connectivity index (χ3v) is 3.10. The van der Waals surface area contributed by atoms with E-state index < -0.39 is 0 Å². The first-order valence-electron chi connectivity index (χ1n) is 5.95. The third-order valence-electron chi connectivity index (χ3n) is 2.82. The maximum absolute atomic E-state index is 5.73. The minimum absolute atomic E-state index is 0.396. The fourth-order valence-electron chi connectivity index (χ4n) is 1.49. The summed E-state index contributed by atoms with van der Waals surface area (Å²) >= 11 is 5.73. The van der Waals surface area contributed by atoms with Crippen LogP contribution in [-0.2, 0) is 10.6 Å². The molecular formula is C12H18ClN3O. The Balaban J connectivity index is 1.74. The standard InChI is InChI=1S/C12H18ClN3O/c1-16(4-5-17-9-10-2-3-10)12-8-14-7-11(6-13)15-12/h7-8,10H,2-6,9H2,1H3. The van der Waals surface area contributed by atoms with Crippen LogP contribution in [0.5, 0.6) is 0 Å². The Kier molecular flexibility index (Phi) is 4.57. The minimum Gasteiger partial charge on any atom is -0.379 e. The van der Waals surface area contributed by atoms with Gasteiger partial charge in [0.1, 0.15) is 5.82 Å². The number of anilines is 1. The van der Waals surface area contributed by atoms with Crippen molar-refractivity contribution in [3.8, 4) is 0 Å². The molecule has 94 valence electrons. The Morgan fingerprint density at radius 1 is 1.47 bits per heavy atom. The summed E-state index contributed by atoms with van der Waals surface area (Å²) in [6.45, 7) is 2.47. The van der Waals surface area contributed by atoms with Gasteiger partial charge in [0, 0.05) is 26.4 Å². The molecule has 0 spiro atoms. The van der Waals surface area contributed by atoms with Crippen LogP contribution in [0.25, 0.3) is 0 Å². The van der Waals surface area contributed by atoms with E-state index in [9.17, 15) is 0 Å². The van der Waals surface area contributed by atoms with Crippen molar-refractivity contribution in [3.63, 3.8) is 0 Å². The molecule has 2 rings (SSSR count). The number of halogens is 1. The second kappa shape index (κ2) is 6.17. The number of hydrogen-bond acceptors (Lipinski definition) is 4. The van der Waals surface area contributed by atoms with Crippen LogP contribution < -0.4 is 4.90 Å². The zero-order valence-electron chi connectivity index (χ0n) is 10.1. The van der Waals surface area contributed by atoms with Crippen LogP contribution in [0.3, 0.4) is 0 Å². The molecule has 1 heterocycles. The van der Waals surface area contributed by atoms with Crippen molar-refractivity contribution in [2.24, 2.45) is 5.92 Å². The summed E-state index contributed by atoms with van der Waals surface area (Å²) in [6.07, 6.45) is 6.10. The predicted molar refractivity (Wildman–Crippen MR) is 68.4 cm³/mol. The Morgan fingerprint density at radius 2 is 2.29 bits per heavy atom. The average Bonchev–Trinajstić information content (AvgIpc) is 3.18. The molecule has 5 heteroatoms. The second-order valence-electron chi connectivity index (χ2n) is 4.44. The van der Waals surface area contributed by atoms with Gasteiger partial charge in [-0.25, -0.2) is 4.98 Å². The first-order valence-corrected chi connectivity index (χ1v) is 6.49. The lowest BCUT2D eigenvalue weighted by atomic mass is 10.4. The maximum atomic E-state index is 5.73. The van der Waals surface area contributed by atoms with E-state index in [1.807, 2.05) is 11.9 Å². The number of ether oxygens (including phenoxy) is 1. The largest absolute Gasteiger partial charge is 0.379 e. The van der Waals surface area contributed by atoms with Gasteiger partial charge in [0.05, 0.1) is 24.4 Å². The summed E-state index contributed by atoms with van der Waals surface area (Å²) in [5.74, 6) is 2.06. The molecule has 17 heavy (non-hydrogen) atoms. The van der Waals surface area contributed by atoms with Crippen LogP contribution in [-0.4, -0.2) is 36.8 Å². The van der Waals surface area contributed by atoms with Gasteiger partial charge in [-0.1, -0.05) is 0 Å². The highest BCUT2D eigenvalue weighted by atomic mass is 35.5. The van der Waals surface area contributed by atoms with Crippen LogP contribution in [0, 0.1) is 5.92 Å². The third kappa shape index (κ3) is 4.13. The highest BCUT2D eigenvalue weighted by molar-refractivity contribution is 6.16. The van der Waals surface area contributed by atoms with Crippen molar-refractivity contribution < 1.29 is 4.74 Å². The zero-order chi connectivity index (χ0) is 12.1.